The number of nitrogens with two attached hydrogens (primary N) is 1. The van der Waals surface area contributed by atoms with Crippen LogP contribution in [0, 0.1) is 0 Å². The predicted octanol–water partition coefficient (Wildman–Crippen LogP) is 2.43. The molecule has 2 aromatic rings. The SMILES string of the molecule is NC(=O)c1cc(N2CCC(c3nc(C(F)(F)F)cs3)CC2)ncn1. The molecule has 6 nitrogen and oxygen atoms in total. The number of aromatic nitrogens is 3. The van der Waals surface area contributed by atoms with E-state index in [1.54, 1.807) is 0 Å². The van der Waals surface area contributed by atoms with Crippen LogP contribution in [-0.2, 0) is 6.18 Å². The van der Waals surface area contributed by atoms with Crippen LogP contribution in [0.3, 0.4) is 0 Å². The van der Waals surface area contributed by atoms with Gasteiger partial charge in [0.25, 0.3) is 5.91 Å². The van der Waals surface area contributed by atoms with Gasteiger partial charge in [-0.3, -0.25) is 4.79 Å². The number of carbonyl (C=O) groups excluding carboxylic acids is 1. The first-order valence-corrected chi connectivity index (χ1v) is 8.12. The maximum Gasteiger partial charge on any atom is 0.434 e. The molecule has 2 N–H and O–H groups in total. The lowest BCUT2D eigenvalue weighted by atomic mass is 9.97. The first-order chi connectivity index (χ1) is 11.3. The lowest BCUT2D eigenvalue weighted by Gasteiger charge is -2.31. The van der Waals surface area contributed by atoms with E-state index >= 15 is 0 Å². The second-order valence-corrected chi connectivity index (χ2v) is 6.35. The summed E-state index contributed by atoms with van der Waals surface area (Å²) >= 11 is 1.05. The fraction of sp³-hybridized carbons (Fsp3) is 0.429. The maximum atomic E-state index is 12.6. The average molecular weight is 357 g/mol. The molecule has 3 heterocycles. The van der Waals surface area contributed by atoms with Gasteiger partial charge < -0.3 is 10.6 Å². The van der Waals surface area contributed by atoms with Gasteiger partial charge in [0.15, 0.2) is 5.69 Å². The Bertz CT molecular complexity index is 740. The lowest BCUT2D eigenvalue weighted by molar-refractivity contribution is -0.140. The van der Waals surface area contributed by atoms with Gasteiger partial charge in [0.05, 0.1) is 5.01 Å². The normalized spacial score (nSPS) is 16.4. The highest BCUT2D eigenvalue weighted by atomic mass is 32.1. The quantitative estimate of drug-likeness (QED) is 0.912. The standard InChI is InChI=1S/C14H14F3N5OS/c15-14(16,17)10-6-24-13(21-10)8-1-3-22(4-2-8)11-5-9(12(18)23)19-7-20-11/h5-8H,1-4H2,(H2,18,23). The number of piperidine rings is 1. The van der Waals surface area contributed by atoms with Crippen molar-refractivity contribution in [2.24, 2.45) is 5.73 Å². The van der Waals surface area contributed by atoms with E-state index in [0.717, 1.165) is 16.7 Å². The molecule has 0 aromatic carbocycles. The summed E-state index contributed by atoms with van der Waals surface area (Å²) in [4.78, 5) is 24.8. The Hall–Kier alpha value is -2.23. The molecule has 10 heteroatoms. The summed E-state index contributed by atoms with van der Waals surface area (Å²) in [6.45, 7) is 1.22. The van der Waals surface area contributed by atoms with Gasteiger partial charge in [0, 0.05) is 30.5 Å². The molecule has 1 amide bonds. The van der Waals surface area contributed by atoms with Crippen LogP contribution in [-0.4, -0.2) is 33.9 Å². The molecule has 0 radical (unpaired) electrons. The molecule has 128 valence electrons. The fourth-order valence-electron chi connectivity index (χ4n) is 2.62. The number of hydrogen-bond donors (Lipinski definition) is 1. The maximum absolute atomic E-state index is 12.6. The van der Waals surface area contributed by atoms with Crippen LogP contribution < -0.4 is 10.6 Å². The summed E-state index contributed by atoms with van der Waals surface area (Å²) < 4.78 is 37.9. The Morgan fingerprint density at radius 3 is 2.58 bits per heavy atom. The van der Waals surface area contributed by atoms with Gasteiger partial charge in [-0.05, 0) is 12.8 Å². The minimum absolute atomic E-state index is 0.000187. The Kier molecular flexibility index (Phi) is 4.39. The molecule has 0 spiro atoms. The molecule has 3 rings (SSSR count). The van der Waals surface area contributed by atoms with Crippen molar-refractivity contribution >= 4 is 23.1 Å². The number of amides is 1. The van der Waals surface area contributed by atoms with Gasteiger partial charge in [0.1, 0.15) is 17.8 Å². The van der Waals surface area contributed by atoms with Crippen molar-refractivity contribution in [2.75, 3.05) is 18.0 Å². The number of rotatable bonds is 3. The van der Waals surface area contributed by atoms with Crippen molar-refractivity contribution in [1.29, 1.82) is 0 Å². The minimum Gasteiger partial charge on any atom is -0.364 e. The number of alkyl halides is 3. The molecule has 1 aliphatic heterocycles. The molecular weight excluding hydrogens is 343 g/mol. The highest BCUT2D eigenvalue weighted by Gasteiger charge is 2.35. The molecule has 2 aromatic heterocycles. The molecule has 0 aliphatic carbocycles. The van der Waals surface area contributed by atoms with Crippen molar-refractivity contribution in [1.82, 2.24) is 15.0 Å². The molecular formula is C14H14F3N5OS. The number of halogens is 3. The Balaban J connectivity index is 1.67. The number of hydrogen-bond acceptors (Lipinski definition) is 6. The molecule has 0 unspecified atom stereocenters. The number of thiazole rings is 1. The molecule has 1 saturated heterocycles. The van der Waals surface area contributed by atoms with Crippen LogP contribution in [0.4, 0.5) is 19.0 Å². The zero-order valence-corrected chi connectivity index (χ0v) is 13.3. The van der Waals surface area contributed by atoms with E-state index in [1.165, 1.54) is 12.4 Å². The zero-order valence-electron chi connectivity index (χ0n) is 12.5. The van der Waals surface area contributed by atoms with Gasteiger partial charge in [0.2, 0.25) is 0 Å². The highest BCUT2D eigenvalue weighted by molar-refractivity contribution is 7.09. The first-order valence-electron chi connectivity index (χ1n) is 7.24. The van der Waals surface area contributed by atoms with Crippen LogP contribution in [0.2, 0.25) is 0 Å². The van der Waals surface area contributed by atoms with Crippen LogP contribution >= 0.6 is 11.3 Å². The van der Waals surface area contributed by atoms with Gasteiger partial charge in [-0.2, -0.15) is 13.2 Å². The first kappa shape index (κ1) is 16.6. The van der Waals surface area contributed by atoms with Crippen molar-refractivity contribution in [3.8, 4) is 0 Å². The molecule has 1 aliphatic rings. The minimum atomic E-state index is -4.40. The Morgan fingerprint density at radius 2 is 2.00 bits per heavy atom. The van der Waals surface area contributed by atoms with Gasteiger partial charge in [-0.25, -0.2) is 15.0 Å². The van der Waals surface area contributed by atoms with Crippen LogP contribution in [0.5, 0.6) is 0 Å². The van der Waals surface area contributed by atoms with E-state index in [1.807, 2.05) is 4.90 Å². The summed E-state index contributed by atoms with van der Waals surface area (Å²) in [7, 11) is 0. The van der Waals surface area contributed by atoms with E-state index in [0.29, 0.717) is 36.8 Å². The third-order valence-corrected chi connectivity index (χ3v) is 4.89. The lowest BCUT2D eigenvalue weighted by Crippen LogP contribution is -2.33. The van der Waals surface area contributed by atoms with E-state index in [9.17, 15) is 18.0 Å². The molecule has 24 heavy (non-hydrogen) atoms. The van der Waals surface area contributed by atoms with Gasteiger partial charge >= 0.3 is 6.18 Å². The van der Waals surface area contributed by atoms with Crippen LogP contribution in [0.25, 0.3) is 0 Å². The summed E-state index contributed by atoms with van der Waals surface area (Å²) in [6, 6.07) is 1.52. The third-order valence-electron chi connectivity index (χ3n) is 3.89. The smallest absolute Gasteiger partial charge is 0.364 e. The fourth-order valence-corrected chi connectivity index (χ4v) is 3.61. The monoisotopic (exact) mass is 357 g/mol. The van der Waals surface area contributed by atoms with E-state index in [4.69, 9.17) is 5.73 Å². The van der Waals surface area contributed by atoms with E-state index in [2.05, 4.69) is 15.0 Å². The summed E-state index contributed by atoms with van der Waals surface area (Å²) in [5.74, 6) is -0.0387. The Labute approximate surface area is 139 Å². The van der Waals surface area contributed by atoms with Crippen molar-refractivity contribution in [3.05, 3.63) is 34.2 Å². The second-order valence-electron chi connectivity index (χ2n) is 5.46. The van der Waals surface area contributed by atoms with E-state index < -0.39 is 17.8 Å². The number of nitrogens with zero attached hydrogens (tertiary/aromatic N) is 4. The topological polar surface area (TPSA) is 85.0 Å². The van der Waals surface area contributed by atoms with Crippen molar-refractivity contribution in [3.63, 3.8) is 0 Å². The van der Waals surface area contributed by atoms with Crippen LogP contribution in [0.15, 0.2) is 17.8 Å². The van der Waals surface area contributed by atoms with E-state index in [-0.39, 0.29) is 11.6 Å². The molecule has 1 fully saturated rings. The predicted molar refractivity (Wildman–Crippen MR) is 81.9 cm³/mol. The zero-order chi connectivity index (χ0) is 17.3. The largest absolute Gasteiger partial charge is 0.434 e. The van der Waals surface area contributed by atoms with Crippen molar-refractivity contribution < 1.29 is 18.0 Å². The molecule has 0 atom stereocenters. The Morgan fingerprint density at radius 1 is 1.29 bits per heavy atom. The number of anilines is 1. The van der Waals surface area contributed by atoms with Gasteiger partial charge in [-0.1, -0.05) is 0 Å². The second kappa shape index (κ2) is 6.34. The summed E-state index contributed by atoms with van der Waals surface area (Å²) in [6.07, 6.45) is -1.79. The summed E-state index contributed by atoms with van der Waals surface area (Å²) in [5, 5.41) is 1.58. The molecule has 0 bridgehead atoms. The summed E-state index contributed by atoms with van der Waals surface area (Å²) in [5.41, 5.74) is 4.51. The third kappa shape index (κ3) is 3.48. The number of carbonyl (C=O) groups is 1. The van der Waals surface area contributed by atoms with Crippen LogP contribution in [0.1, 0.15) is 39.9 Å². The van der Waals surface area contributed by atoms with Crippen molar-refractivity contribution in [2.45, 2.75) is 24.9 Å². The highest BCUT2D eigenvalue weighted by Crippen LogP contribution is 2.36. The molecule has 0 saturated carbocycles. The average Bonchev–Trinajstić information content (AvgIpc) is 3.05. The van der Waals surface area contributed by atoms with Gasteiger partial charge in [-0.15, -0.1) is 11.3 Å². The number of primary amides is 1.